The summed E-state index contributed by atoms with van der Waals surface area (Å²) in [5.41, 5.74) is 1.90. The van der Waals surface area contributed by atoms with Gasteiger partial charge in [0.25, 0.3) is 0 Å². The van der Waals surface area contributed by atoms with Crippen molar-refractivity contribution in [3.8, 4) is 17.4 Å². The summed E-state index contributed by atoms with van der Waals surface area (Å²) in [6.07, 6.45) is 5.01. The van der Waals surface area contributed by atoms with Crippen molar-refractivity contribution in [3.63, 3.8) is 0 Å². The molecule has 0 spiro atoms. The molecular weight excluding hydrogens is 404 g/mol. The molecule has 0 unspecified atom stereocenters. The number of quaternary nitrogens is 1. The molecule has 3 aromatic heterocycles. The number of pyridine rings is 2. The molecule has 32 heavy (non-hydrogen) atoms. The summed E-state index contributed by atoms with van der Waals surface area (Å²) in [4.78, 5) is 17.5. The summed E-state index contributed by atoms with van der Waals surface area (Å²) < 4.78 is 11.7. The number of aromatic nitrogens is 4. The second kappa shape index (κ2) is 10.0. The Morgan fingerprint density at radius 3 is 2.56 bits per heavy atom. The number of hydrogen-bond acceptors (Lipinski definition) is 7. The number of nitrogens with one attached hydrogen (secondary N) is 1. The third kappa shape index (κ3) is 5.67. The molecular formula is C24H27N6O2+. The van der Waals surface area contributed by atoms with Gasteiger partial charge in [0.05, 0.1) is 17.8 Å². The first-order chi connectivity index (χ1) is 15.6. The fourth-order valence-corrected chi connectivity index (χ4v) is 3.07. The number of anilines is 2. The van der Waals surface area contributed by atoms with Gasteiger partial charge in [-0.05, 0) is 56.7 Å². The first kappa shape index (κ1) is 21.5. The molecule has 4 rings (SSSR count). The number of fused-ring (bicyclic) bond motifs is 1. The lowest BCUT2D eigenvalue weighted by Crippen LogP contribution is -2.89. The lowest BCUT2D eigenvalue weighted by Gasteiger charge is -2.10. The van der Waals surface area contributed by atoms with Crippen molar-refractivity contribution >= 4 is 22.5 Å². The lowest BCUT2D eigenvalue weighted by atomic mass is 10.2. The smallest absolute Gasteiger partial charge is 0.219 e. The van der Waals surface area contributed by atoms with Crippen molar-refractivity contribution in [2.75, 3.05) is 18.5 Å². The second-order valence-electron chi connectivity index (χ2n) is 7.80. The van der Waals surface area contributed by atoms with Crippen LogP contribution in [0.3, 0.4) is 0 Å². The van der Waals surface area contributed by atoms with Crippen molar-refractivity contribution in [2.45, 2.75) is 26.8 Å². The number of hydrogen-bond donors (Lipinski definition) is 2. The highest BCUT2D eigenvalue weighted by Gasteiger charge is 2.08. The first-order valence-electron chi connectivity index (χ1n) is 10.6. The van der Waals surface area contributed by atoms with Crippen molar-refractivity contribution in [2.24, 2.45) is 0 Å². The molecule has 0 aliphatic heterocycles. The number of benzene rings is 1. The van der Waals surface area contributed by atoms with Gasteiger partial charge in [0.15, 0.2) is 0 Å². The fourth-order valence-electron chi connectivity index (χ4n) is 3.07. The van der Waals surface area contributed by atoms with E-state index in [1.807, 2.05) is 49.5 Å². The van der Waals surface area contributed by atoms with Crippen LogP contribution < -0.4 is 20.1 Å². The Hall–Kier alpha value is -3.78. The largest absolute Gasteiger partial charge is 0.486 e. The van der Waals surface area contributed by atoms with E-state index < -0.39 is 0 Å². The van der Waals surface area contributed by atoms with Crippen LogP contribution in [0.2, 0.25) is 0 Å². The van der Waals surface area contributed by atoms with E-state index in [2.05, 4.69) is 44.4 Å². The molecule has 0 bridgehead atoms. The summed E-state index contributed by atoms with van der Waals surface area (Å²) in [6.45, 7) is 7.86. The molecule has 8 nitrogen and oxygen atoms in total. The Bertz CT molecular complexity index is 1160. The Kier molecular flexibility index (Phi) is 6.72. The topological polar surface area (TPSA) is 98.7 Å². The van der Waals surface area contributed by atoms with Gasteiger partial charge >= 0.3 is 0 Å². The van der Waals surface area contributed by atoms with Crippen LogP contribution in [0.5, 0.6) is 17.4 Å². The van der Waals surface area contributed by atoms with Crippen LogP contribution in [0.1, 0.15) is 19.4 Å². The van der Waals surface area contributed by atoms with E-state index in [0.717, 1.165) is 28.8 Å². The molecule has 1 aromatic carbocycles. The maximum absolute atomic E-state index is 5.95. The van der Waals surface area contributed by atoms with Gasteiger partial charge in [-0.3, -0.25) is 0 Å². The normalized spacial score (nSPS) is 11.0. The third-order valence-electron chi connectivity index (χ3n) is 4.72. The predicted molar refractivity (Wildman–Crippen MR) is 124 cm³/mol. The number of rotatable bonds is 9. The summed E-state index contributed by atoms with van der Waals surface area (Å²) in [5, 5.41) is 6.31. The zero-order valence-corrected chi connectivity index (χ0v) is 18.4. The van der Waals surface area contributed by atoms with E-state index in [4.69, 9.17) is 9.47 Å². The number of ether oxygens (including phenoxy) is 2. The second-order valence-corrected chi connectivity index (χ2v) is 7.80. The summed E-state index contributed by atoms with van der Waals surface area (Å²) in [5.74, 6) is 3.22. The fraction of sp³-hybridized carbons (Fsp3) is 0.250. The maximum atomic E-state index is 5.95. The highest BCUT2D eigenvalue weighted by molar-refractivity contribution is 5.91. The predicted octanol–water partition coefficient (Wildman–Crippen LogP) is 3.61. The molecule has 0 radical (unpaired) electrons. The minimum absolute atomic E-state index is 0.483. The number of aryl methyl sites for hydroxylation is 1. The molecule has 8 heteroatoms. The molecule has 0 atom stereocenters. The number of nitrogens with zero attached hydrogens (tertiary/aromatic N) is 4. The van der Waals surface area contributed by atoms with Gasteiger partial charge in [0, 0.05) is 17.6 Å². The Balaban J connectivity index is 1.46. The molecule has 3 N–H and O–H groups in total. The molecule has 0 aliphatic carbocycles. The van der Waals surface area contributed by atoms with Crippen LogP contribution in [-0.4, -0.2) is 39.1 Å². The third-order valence-corrected chi connectivity index (χ3v) is 4.72. The standard InChI is InChI=1S/C24H26N6O2/c1-16(2)25-10-11-31-19-6-9-23(27-14-19)32-18-5-7-21-20(12-18)24(29-15-28-21)30-22-8-4-17(3)13-26-22/h4-9,12-16,25H,10-11H2,1-3H3,(H,26,28,29,30)/p+1. The summed E-state index contributed by atoms with van der Waals surface area (Å²) >= 11 is 0. The van der Waals surface area contributed by atoms with E-state index in [-0.39, 0.29) is 0 Å². The molecule has 0 fully saturated rings. The highest BCUT2D eigenvalue weighted by atomic mass is 16.5. The first-order valence-corrected chi connectivity index (χ1v) is 10.6. The minimum atomic E-state index is 0.483. The van der Waals surface area contributed by atoms with Gasteiger partial charge in [0.1, 0.15) is 42.6 Å². The van der Waals surface area contributed by atoms with Gasteiger partial charge in [-0.1, -0.05) is 6.07 Å². The monoisotopic (exact) mass is 431 g/mol. The number of nitrogens with two attached hydrogens (primary N) is 1. The zero-order chi connectivity index (χ0) is 22.3. The van der Waals surface area contributed by atoms with Crippen LogP contribution in [0.4, 0.5) is 11.6 Å². The Labute approximate surface area is 187 Å². The van der Waals surface area contributed by atoms with Crippen molar-refractivity contribution in [1.82, 2.24) is 19.9 Å². The highest BCUT2D eigenvalue weighted by Crippen LogP contribution is 2.28. The quantitative estimate of drug-likeness (QED) is 0.391. The van der Waals surface area contributed by atoms with Crippen LogP contribution >= 0.6 is 0 Å². The Morgan fingerprint density at radius 2 is 1.81 bits per heavy atom. The van der Waals surface area contributed by atoms with Gasteiger partial charge in [-0.15, -0.1) is 0 Å². The van der Waals surface area contributed by atoms with Gasteiger partial charge in [0.2, 0.25) is 5.88 Å². The summed E-state index contributed by atoms with van der Waals surface area (Å²) in [6, 6.07) is 13.8. The van der Waals surface area contributed by atoms with E-state index in [1.54, 1.807) is 12.3 Å². The molecule has 0 aliphatic rings. The molecule has 4 aromatic rings. The van der Waals surface area contributed by atoms with Crippen molar-refractivity contribution < 1.29 is 14.8 Å². The van der Waals surface area contributed by atoms with Gasteiger partial charge in [-0.2, -0.15) is 0 Å². The molecule has 3 heterocycles. The van der Waals surface area contributed by atoms with E-state index in [1.165, 1.54) is 6.33 Å². The Morgan fingerprint density at radius 1 is 0.938 bits per heavy atom. The van der Waals surface area contributed by atoms with Crippen molar-refractivity contribution in [3.05, 3.63) is 66.7 Å². The van der Waals surface area contributed by atoms with Gasteiger partial charge in [-0.25, -0.2) is 19.9 Å². The molecule has 0 saturated carbocycles. The molecule has 0 saturated heterocycles. The van der Waals surface area contributed by atoms with Crippen LogP contribution in [-0.2, 0) is 0 Å². The molecule has 164 valence electrons. The van der Waals surface area contributed by atoms with Crippen LogP contribution in [0.15, 0.2) is 61.2 Å². The molecule has 0 amide bonds. The maximum Gasteiger partial charge on any atom is 0.219 e. The van der Waals surface area contributed by atoms with E-state index in [9.17, 15) is 0 Å². The SMILES string of the molecule is Cc1ccc(Nc2ncnc3ccc(Oc4ccc(OCC[NH2+]C(C)C)cn4)cc23)nc1. The average Bonchev–Trinajstić information content (AvgIpc) is 2.79. The lowest BCUT2D eigenvalue weighted by molar-refractivity contribution is -0.683. The van der Waals surface area contributed by atoms with Crippen LogP contribution in [0, 0.1) is 6.92 Å². The van der Waals surface area contributed by atoms with E-state index >= 15 is 0 Å². The van der Waals surface area contributed by atoms with Crippen molar-refractivity contribution in [1.29, 1.82) is 0 Å². The summed E-state index contributed by atoms with van der Waals surface area (Å²) in [7, 11) is 0. The zero-order valence-electron chi connectivity index (χ0n) is 18.4. The average molecular weight is 432 g/mol. The van der Waals surface area contributed by atoms with E-state index in [0.29, 0.717) is 35.9 Å². The van der Waals surface area contributed by atoms with Gasteiger partial charge < -0.3 is 20.1 Å². The minimum Gasteiger partial charge on any atom is -0.486 e. The van der Waals surface area contributed by atoms with Crippen LogP contribution in [0.25, 0.3) is 10.9 Å².